The summed E-state index contributed by atoms with van der Waals surface area (Å²) in [5, 5.41) is 0. The molecular weight excluding hydrogens is 762 g/mol. The third-order valence-corrected chi connectivity index (χ3v) is 10.3. The summed E-state index contributed by atoms with van der Waals surface area (Å²) in [4.78, 5) is 34.9. The molecule has 338 valence electrons. The first-order valence-corrected chi connectivity index (χ1v) is 24.6. The van der Waals surface area contributed by atoms with Gasteiger partial charge in [-0.2, -0.15) is 0 Å². The second-order valence-electron chi connectivity index (χ2n) is 14.9. The van der Waals surface area contributed by atoms with Crippen molar-refractivity contribution in [3.8, 4) is 0 Å². The predicted molar refractivity (Wildman–Crippen MR) is 247 cm³/mol. The molecule has 0 aliphatic heterocycles. The van der Waals surface area contributed by atoms with Crippen LogP contribution in [0.15, 0.2) is 85.1 Å². The summed E-state index contributed by atoms with van der Waals surface area (Å²) in [5.74, 6) is -0.933. The van der Waals surface area contributed by atoms with E-state index in [2.05, 4.69) is 86.8 Å². The molecule has 0 amide bonds. The van der Waals surface area contributed by atoms with Crippen LogP contribution in [0.25, 0.3) is 0 Å². The summed E-state index contributed by atoms with van der Waals surface area (Å²) in [6.07, 6.45) is 56.3. The second-order valence-corrected chi connectivity index (χ2v) is 16.3. The van der Waals surface area contributed by atoms with Crippen LogP contribution < -0.4 is 5.73 Å². The van der Waals surface area contributed by atoms with Crippen molar-refractivity contribution >= 4 is 19.8 Å². The van der Waals surface area contributed by atoms with Crippen molar-refractivity contribution in [2.24, 2.45) is 5.73 Å². The average molecular weight is 846 g/mol. The molecule has 0 aromatic carbocycles. The SMILES string of the molecule is CCC=CCC=CCC=CCC=CCC=CCC=CCCC(=O)O[C@H](COC(=O)CCCCCCCCCCCC=CCCCCCCCC)COP(=O)(O)OCCN. The summed E-state index contributed by atoms with van der Waals surface area (Å²) in [5.41, 5.74) is 5.35. The van der Waals surface area contributed by atoms with E-state index in [-0.39, 0.29) is 32.6 Å². The number of ether oxygens (including phenoxy) is 2. The zero-order valence-electron chi connectivity index (χ0n) is 37.2. The molecule has 0 aliphatic carbocycles. The molecule has 0 saturated heterocycles. The van der Waals surface area contributed by atoms with Gasteiger partial charge in [-0.05, 0) is 77.0 Å². The van der Waals surface area contributed by atoms with Gasteiger partial charge < -0.3 is 20.1 Å². The number of esters is 2. The fourth-order valence-corrected chi connectivity index (χ4v) is 6.65. The van der Waals surface area contributed by atoms with Crippen LogP contribution in [0.2, 0.25) is 0 Å². The van der Waals surface area contributed by atoms with Crippen LogP contribution in [0.5, 0.6) is 0 Å². The lowest BCUT2D eigenvalue weighted by Crippen LogP contribution is -2.29. The van der Waals surface area contributed by atoms with Gasteiger partial charge in [0.05, 0.1) is 13.2 Å². The minimum Gasteiger partial charge on any atom is -0.462 e. The van der Waals surface area contributed by atoms with Gasteiger partial charge in [-0.3, -0.25) is 18.6 Å². The van der Waals surface area contributed by atoms with E-state index >= 15 is 0 Å². The molecule has 0 aliphatic rings. The van der Waals surface area contributed by atoms with Gasteiger partial charge in [0.2, 0.25) is 0 Å². The average Bonchev–Trinajstić information content (AvgIpc) is 3.22. The van der Waals surface area contributed by atoms with Gasteiger partial charge in [0.1, 0.15) is 6.61 Å². The summed E-state index contributed by atoms with van der Waals surface area (Å²) >= 11 is 0. The van der Waals surface area contributed by atoms with Crippen molar-refractivity contribution in [2.75, 3.05) is 26.4 Å². The highest BCUT2D eigenvalue weighted by atomic mass is 31.2. The van der Waals surface area contributed by atoms with Crippen LogP contribution in [0.3, 0.4) is 0 Å². The van der Waals surface area contributed by atoms with E-state index in [4.69, 9.17) is 24.3 Å². The highest BCUT2D eigenvalue weighted by Crippen LogP contribution is 2.43. The van der Waals surface area contributed by atoms with E-state index < -0.39 is 32.5 Å². The topological polar surface area (TPSA) is 134 Å². The Morgan fingerprint density at radius 2 is 0.966 bits per heavy atom. The maximum absolute atomic E-state index is 12.6. The molecule has 9 nitrogen and oxygen atoms in total. The molecule has 10 heteroatoms. The smallest absolute Gasteiger partial charge is 0.462 e. The highest BCUT2D eigenvalue weighted by molar-refractivity contribution is 7.47. The lowest BCUT2D eigenvalue weighted by Gasteiger charge is -2.19. The number of nitrogens with two attached hydrogens (primary N) is 1. The minimum absolute atomic E-state index is 0.0377. The molecule has 1 unspecified atom stereocenters. The number of carbonyl (C=O) groups excluding carboxylic acids is 2. The molecule has 0 saturated carbocycles. The number of allylic oxidation sites excluding steroid dienone is 14. The maximum Gasteiger partial charge on any atom is 0.472 e. The number of unbranched alkanes of at least 4 members (excludes halogenated alkanes) is 15. The van der Waals surface area contributed by atoms with E-state index in [9.17, 15) is 19.0 Å². The summed E-state index contributed by atoms with van der Waals surface area (Å²) in [7, 11) is -4.40. The molecule has 0 rings (SSSR count). The Kier molecular flexibility index (Phi) is 42.6. The molecule has 0 aromatic rings. The fourth-order valence-electron chi connectivity index (χ4n) is 5.89. The molecule has 0 radical (unpaired) electrons. The van der Waals surface area contributed by atoms with Crippen molar-refractivity contribution in [2.45, 2.75) is 187 Å². The Bertz CT molecular complexity index is 1240. The van der Waals surface area contributed by atoms with Crippen LogP contribution in [0.4, 0.5) is 0 Å². The van der Waals surface area contributed by atoms with Crippen LogP contribution in [-0.2, 0) is 32.7 Å². The monoisotopic (exact) mass is 846 g/mol. The number of hydrogen-bond donors (Lipinski definition) is 2. The van der Waals surface area contributed by atoms with Crippen LogP contribution >= 0.6 is 7.82 Å². The number of rotatable bonds is 42. The fraction of sp³-hybridized carbons (Fsp3) is 0.673. The Morgan fingerprint density at radius 3 is 1.46 bits per heavy atom. The van der Waals surface area contributed by atoms with Crippen molar-refractivity contribution < 1.29 is 37.6 Å². The van der Waals surface area contributed by atoms with Gasteiger partial charge in [0.15, 0.2) is 6.10 Å². The number of carbonyl (C=O) groups is 2. The summed E-state index contributed by atoms with van der Waals surface area (Å²) in [6.45, 7) is 3.52. The van der Waals surface area contributed by atoms with Gasteiger partial charge in [-0.25, -0.2) is 4.57 Å². The predicted octanol–water partition coefficient (Wildman–Crippen LogP) is 13.6. The quantitative estimate of drug-likeness (QED) is 0.0266. The molecule has 0 heterocycles. The van der Waals surface area contributed by atoms with Crippen molar-refractivity contribution in [3.63, 3.8) is 0 Å². The van der Waals surface area contributed by atoms with Gasteiger partial charge in [0.25, 0.3) is 0 Å². The molecule has 0 bridgehead atoms. The van der Waals surface area contributed by atoms with E-state index in [1.54, 1.807) is 0 Å². The molecule has 2 atom stereocenters. The first-order chi connectivity index (χ1) is 28.8. The third-order valence-electron chi connectivity index (χ3n) is 9.28. The first-order valence-electron chi connectivity index (χ1n) is 23.1. The normalized spacial score (nSPS) is 14.0. The van der Waals surface area contributed by atoms with E-state index in [0.717, 1.165) is 64.2 Å². The van der Waals surface area contributed by atoms with E-state index in [1.165, 1.54) is 83.5 Å². The number of phosphoric acid groups is 1. The number of phosphoric ester groups is 1. The Hall–Kier alpha value is -2.81. The molecule has 0 spiro atoms. The maximum atomic E-state index is 12.6. The first kappa shape index (κ1) is 56.2. The Morgan fingerprint density at radius 1 is 0.525 bits per heavy atom. The van der Waals surface area contributed by atoms with Crippen LogP contribution in [0.1, 0.15) is 181 Å². The van der Waals surface area contributed by atoms with Crippen LogP contribution in [-0.4, -0.2) is 49.3 Å². The van der Waals surface area contributed by atoms with Crippen molar-refractivity contribution in [3.05, 3.63) is 85.1 Å². The molecule has 59 heavy (non-hydrogen) atoms. The second kappa shape index (κ2) is 44.7. The van der Waals surface area contributed by atoms with Crippen molar-refractivity contribution in [1.82, 2.24) is 0 Å². The Balaban J connectivity index is 4.24. The molecule has 3 N–H and O–H groups in total. The van der Waals surface area contributed by atoms with Gasteiger partial charge in [-0.15, -0.1) is 0 Å². The summed E-state index contributed by atoms with van der Waals surface area (Å²) < 4.78 is 32.7. The van der Waals surface area contributed by atoms with Crippen molar-refractivity contribution in [1.29, 1.82) is 0 Å². The number of hydrogen-bond acceptors (Lipinski definition) is 8. The standard InChI is InChI=1S/C49H84NO8P/c1-3-5-7-9-11-13-15-17-19-21-23-25-27-29-31-33-35-37-39-41-48(51)55-45-47(46-57-59(53,54)56-44-43-50)58-49(52)42-40-38-36-34-32-30-28-26-24-22-20-18-16-14-12-10-8-6-4-2/h6,8,12,14,17-20,24,26,30,32,36,38,47H,3-5,7,9-11,13,15-16,21-23,25,27-29,31,33-35,37,39-46,50H2,1-2H3,(H,53,54)/t47-/m1/s1. The minimum atomic E-state index is -4.40. The molecular formula is C49H84NO8P. The zero-order valence-corrected chi connectivity index (χ0v) is 38.1. The van der Waals surface area contributed by atoms with Gasteiger partial charge in [-0.1, -0.05) is 176 Å². The lowest BCUT2D eigenvalue weighted by molar-refractivity contribution is -0.161. The molecule has 0 aromatic heterocycles. The lowest BCUT2D eigenvalue weighted by atomic mass is 10.1. The van der Waals surface area contributed by atoms with Gasteiger partial charge in [0, 0.05) is 19.4 Å². The van der Waals surface area contributed by atoms with Gasteiger partial charge >= 0.3 is 19.8 Å². The largest absolute Gasteiger partial charge is 0.472 e. The van der Waals surface area contributed by atoms with Crippen LogP contribution in [0, 0.1) is 0 Å². The molecule has 0 fully saturated rings. The zero-order chi connectivity index (χ0) is 43.2. The summed E-state index contributed by atoms with van der Waals surface area (Å²) in [6, 6.07) is 0. The third kappa shape index (κ3) is 44.6. The van der Waals surface area contributed by atoms with E-state index in [0.29, 0.717) is 6.42 Å². The van der Waals surface area contributed by atoms with E-state index in [1.807, 2.05) is 12.2 Å². The Labute approximate surface area is 360 Å². The highest BCUT2D eigenvalue weighted by Gasteiger charge is 2.25.